The number of nitrogens with two attached hydrogens (primary N) is 1. The van der Waals surface area contributed by atoms with Gasteiger partial charge in [-0.05, 0) is 66.2 Å². The van der Waals surface area contributed by atoms with Crippen LogP contribution in [0.15, 0.2) is 72.8 Å². The van der Waals surface area contributed by atoms with Gasteiger partial charge in [-0.2, -0.15) is 13.2 Å². The molecule has 12 heteroatoms. The van der Waals surface area contributed by atoms with Crippen molar-refractivity contribution in [1.82, 2.24) is 16.1 Å². The molecule has 3 amide bonds. The van der Waals surface area contributed by atoms with E-state index >= 15 is 0 Å². The summed E-state index contributed by atoms with van der Waals surface area (Å²) in [7, 11) is 0. The molecule has 3 aromatic carbocycles. The van der Waals surface area contributed by atoms with E-state index in [1.54, 1.807) is 36.4 Å². The number of benzene rings is 3. The Morgan fingerprint density at radius 1 is 0.875 bits per heavy atom. The second-order valence-electron chi connectivity index (χ2n) is 8.49. The molecule has 0 bridgehead atoms. The van der Waals surface area contributed by atoms with E-state index in [0.717, 1.165) is 12.1 Å². The predicted molar refractivity (Wildman–Crippen MR) is 141 cm³/mol. The van der Waals surface area contributed by atoms with E-state index in [9.17, 15) is 27.6 Å². The lowest BCUT2D eigenvalue weighted by atomic mass is 10.1. The predicted octanol–water partition coefficient (Wildman–Crippen LogP) is 2.40. The van der Waals surface area contributed by atoms with Crippen molar-refractivity contribution in [3.05, 3.63) is 101 Å². The molecule has 7 N–H and O–H groups in total. The van der Waals surface area contributed by atoms with E-state index in [4.69, 9.17) is 10.9 Å². The summed E-state index contributed by atoms with van der Waals surface area (Å²) in [5, 5.41) is 16.7. The monoisotopic (exact) mass is 553 g/mol. The fourth-order valence-corrected chi connectivity index (χ4v) is 3.37. The van der Waals surface area contributed by atoms with Gasteiger partial charge in [-0.1, -0.05) is 24.0 Å². The van der Waals surface area contributed by atoms with Gasteiger partial charge in [-0.15, -0.1) is 0 Å². The van der Waals surface area contributed by atoms with Crippen molar-refractivity contribution in [2.24, 2.45) is 5.73 Å². The van der Waals surface area contributed by atoms with Crippen LogP contribution in [0.4, 0.5) is 18.9 Å². The molecular formula is C28H26F3N5O4. The smallest absolute Gasteiger partial charge is 0.339 e. The second-order valence-corrected chi connectivity index (χ2v) is 8.49. The molecule has 0 radical (unpaired) electrons. The number of hydroxylamine groups is 1. The Kier molecular flexibility index (Phi) is 10.4. The van der Waals surface area contributed by atoms with Crippen molar-refractivity contribution in [1.29, 1.82) is 0 Å². The van der Waals surface area contributed by atoms with Gasteiger partial charge in [0.1, 0.15) is 6.04 Å². The molecule has 0 saturated carbocycles. The third-order valence-corrected chi connectivity index (χ3v) is 5.53. The number of hydrogen-bond donors (Lipinski definition) is 6. The number of halogens is 3. The van der Waals surface area contributed by atoms with E-state index in [1.165, 1.54) is 29.7 Å². The Morgan fingerprint density at radius 3 is 1.98 bits per heavy atom. The maximum Gasteiger partial charge on any atom is 0.416 e. The largest absolute Gasteiger partial charge is 0.416 e. The zero-order valence-corrected chi connectivity index (χ0v) is 21.0. The molecule has 208 valence electrons. The number of anilines is 1. The molecule has 0 aliphatic carbocycles. The zero-order valence-electron chi connectivity index (χ0n) is 21.0. The molecule has 0 unspecified atom stereocenters. The third kappa shape index (κ3) is 8.95. The lowest BCUT2D eigenvalue weighted by molar-refractivity contribution is -0.137. The second kappa shape index (κ2) is 13.9. The third-order valence-electron chi connectivity index (χ3n) is 5.53. The zero-order chi connectivity index (χ0) is 29.1. The van der Waals surface area contributed by atoms with E-state index in [1.807, 2.05) is 0 Å². The molecule has 0 aromatic heterocycles. The summed E-state index contributed by atoms with van der Waals surface area (Å²) in [6.45, 7) is 0.0197. The molecule has 9 nitrogen and oxygen atoms in total. The number of carbonyl (C=O) groups excluding carboxylic acids is 3. The summed E-state index contributed by atoms with van der Waals surface area (Å²) < 4.78 is 37.9. The van der Waals surface area contributed by atoms with Gasteiger partial charge in [0.15, 0.2) is 0 Å². The summed E-state index contributed by atoms with van der Waals surface area (Å²) in [4.78, 5) is 35.9. The van der Waals surface area contributed by atoms with E-state index < -0.39 is 29.6 Å². The van der Waals surface area contributed by atoms with Crippen LogP contribution in [0.1, 0.15) is 32.6 Å². The molecule has 1 atom stereocenters. The molecule has 0 aliphatic rings. The van der Waals surface area contributed by atoms with Crippen LogP contribution in [0.3, 0.4) is 0 Å². The van der Waals surface area contributed by atoms with Crippen LogP contribution >= 0.6 is 0 Å². The first-order valence-corrected chi connectivity index (χ1v) is 11.9. The SMILES string of the molecule is NC[C@H](NC(=O)c1ccc(C#Cc2ccc(NC(=O)CNCc3ccc(C(F)(F)F)cc3)cc2)cc1)C(=O)NO. The Morgan fingerprint density at radius 2 is 1.45 bits per heavy atom. The molecule has 0 heterocycles. The summed E-state index contributed by atoms with van der Waals surface area (Å²) in [5.74, 6) is 4.27. The van der Waals surface area contributed by atoms with Crippen molar-refractivity contribution in [3.8, 4) is 11.8 Å². The Hall–Kier alpha value is -4.70. The fourth-order valence-electron chi connectivity index (χ4n) is 3.37. The van der Waals surface area contributed by atoms with Crippen LogP contribution in [0.2, 0.25) is 0 Å². The highest BCUT2D eigenvalue weighted by molar-refractivity contribution is 5.97. The van der Waals surface area contributed by atoms with Crippen LogP contribution in [0, 0.1) is 11.8 Å². The minimum Gasteiger partial charge on any atom is -0.339 e. The maximum absolute atomic E-state index is 12.6. The lowest BCUT2D eigenvalue weighted by Crippen LogP contribution is -2.50. The number of rotatable bonds is 9. The highest BCUT2D eigenvalue weighted by atomic mass is 19.4. The molecule has 40 heavy (non-hydrogen) atoms. The quantitative estimate of drug-likeness (QED) is 0.136. The van der Waals surface area contributed by atoms with Gasteiger partial charge in [0.25, 0.3) is 11.8 Å². The van der Waals surface area contributed by atoms with Gasteiger partial charge in [-0.3, -0.25) is 19.6 Å². The molecule has 0 spiro atoms. The summed E-state index contributed by atoms with van der Waals surface area (Å²) in [5.41, 5.74) is 8.91. The number of hydrogen-bond acceptors (Lipinski definition) is 6. The first kappa shape index (κ1) is 29.9. The molecule has 0 saturated heterocycles. The minimum atomic E-state index is -4.39. The van der Waals surface area contributed by atoms with Crippen LogP contribution in [-0.2, 0) is 22.3 Å². The number of nitrogens with one attached hydrogen (secondary N) is 4. The Balaban J connectivity index is 1.47. The highest BCUT2D eigenvalue weighted by Crippen LogP contribution is 2.29. The van der Waals surface area contributed by atoms with Crippen LogP contribution in [0.5, 0.6) is 0 Å². The van der Waals surface area contributed by atoms with Gasteiger partial charge in [-0.25, -0.2) is 5.48 Å². The average molecular weight is 554 g/mol. The van der Waals surface area contributed by atoms with Crippen LogP contribution < -0.4 is 27.2 Å². The van der Waals surface area contributed by atoms with Crippen molar-refractivity contribution in [2.75, 3.05) is 18.4 Å². The van der Waals surface area contributed by atoms with Crippen molar-refractivity contribution in [3.63, 3.8) is 0 Å². The van der Waals surface area contributed by atoms with Crippen molar-refractivity contribution in [2.45, 2.75) is 18.8 Å². The van der Waals surface area contributed by atoms with Crippen LogP contribution in [-0.4, -0.2) is 42.1 Å². The normalized spacial score (nSPS) is 11.5. The van der Waals surface area contributed by atoms with Crippen molar-refractivity contribution < 1.29 is 32.8 Å². The number of carbonyl (C=O) groups is 3. The summed E-state index contributed by atoms with van der Waals surface area (Å²) in [6, 6.07) is 16.8. The average Bonchev–Trinajstić information content (AvgIpc) is 2.95. The van der Waals surface area contributed by atoms with Gasteiger partial charge in [0.2, 0.25) is 5.91 Å². The number of amides is 3. The van der Waals surface area contributed by atoms with Gasteiger partial charge < -0.3 is 21.7 Å². The Labute approximate surface area is 227 Å². The van der Waals surface area contributed by atoms with Gasteiger partial charge in [0, 0.05) is 35.5 Å². The molecule has 3 rings (SSSR count). The maximum atomic E-state index is 12.6. The lowest BCUT2D eigenvalue weighted by Gasteiger charge is -2.14. The first-order valence-electron chi connectivity index (χ1n) is 11.9. The van der Waals surface area contributed by atoms with Crippen molar-refractivity contribution >= 4 is 23.4 Å². The molecule has 0 fully saturated rings. The molecular weight excluding hydrogens is 527 g/mol. The summed E-state index contributed by atoms with van der Waals surface area (Å²) >= 11 is 0. The van der Waals surface area contributed by atoms with Gasteiger partial charge in [0.05, 0.1) is 12.1 Å². The van der Waals surface area contributed by atoms with Crippen LogP contribution in [0.25, 0.3) is 0 Å². The first-order chi connectivity index (χ1) is 19.1. The number of alkyl halides is 3. The topological polar surface area (TPSA) is 146 Å². The fraction of sp³-hybridized carbons (Fsp3) is 0.179. The Bertz CT molecular complexity index is 1380. The standard InChI is InChI=1S/C28H26F3N5O4/c29-28(30,31)22-11-5-20(6-12-22)16-33-17-25(37)34-23-13-7-19(8-14-23)2-1-18-3-9-21(10-4-18)26(38)35-24(15-32)27(39)36-40/h3-14,24,33,40H,15-17,32H2,(H,34,37)(H,35,38)(H,36,39)/t24-/m0/s1. The molecule has 0 aliphatic heterocycles. The van der Waals surface area contributed by atoms with E-state index in [2.05, 4.69) is 27.8 Å². The van der Waals surface area contributed by atoms with Gasteiger partial charge >= 0.3 is 6.18 Å². The van der Waals surface area contributed by atoms with E-state index in [-0.39, 0.29) is 31.1 Å². The minimum absolute atomic E-state index is 0.0297. The highest BCUT2D eigenvalue weighted by Gasteiger charge is 2.29. The molecule has 3 aromatic rings. The van der Waals surface area contributed by atoms with E-state index in [0.29, 0.717) is 22.4 Å². The summed E-state index contributed by atoms with van der Waals surface area (Å²) in [6.07, 6.45) is -4.39.